The standard InChI is InChI=1S/C11H15ClN2S2/c1-16-6-2-5-14-8-3-4-9(11(13)15)10(12)7-8/h3-4,7,14H,2,5-6H2,1H3,(H2,13,15). The summed E-state index contributed by atoms with van der Waals surface area (Å²) in [4.78, 5) is 0.332. The SMILES string of the molecule is CSCCCNc1ccc(C(N)=S)c(Cl)c1. The van der Waals surface area contributed by atoms with Gasteiger partial charge in [-0.05, 0) is 36.6 Å². The molecule has 0 aliphatic rings. The van der Waals surface area contributed by atoms with Gasteiger partial charge in [0, 0.05) is 17.8 Å². The van der Waals surface area contributed by atoms with Gasteiger partial charge < -0.3 is 11.1 Å². The van der Waals surface area contributed by atoms with Crippen molar-refractivity contribution in [1.29, 1.82) is 0 Å². The molecule has 5 heteroatoms. The lowest BCUT2D eigenvalue weighted by molar-refractivity contribution is 0.993. The van der Waals surface area contributed by atoms with Gasteiger partial charge in [0.15, 0.2) is 0 Å². The monoisotopic (exact) mass is 274 g/mol. The number of nitrogens with one attached hydrogen (secondary N) is 1. The second-order valence-corrected chi connectivity index (χ2v) is 5.16. The van der Waals surface area contributed by atoms with E-state index in [0.29, 0.717) is 10.0 Å². The summed E-state index contributed by atoms with van der Waals surface area (Å²) in [6.07, 6.45) is 3.24. The van der Waals surface area contributed by atoms with E-state index in [-0.39, 0.29) is 0 Å². The fraction of sp³-hybridized carbons (Fsp3) is 0.364. The smallest absolute Gasteiger partial charge is 0.105 e. The molecule has 0 atom stereocenters. The van der Waals surface area contributed by atoms with Gasteiger partial charge in [0.25, 0.3) is 0 Å². The molecule has 2 nitrogen and oxygen atoms in total. The van der Waals surface area contributed by atoms with Crippen LogP contribution in [0.2, 0.25) is 5.02 Å². The molecular weight excluding hydrogens is 260 g/mol. The van der Waals surface area contributed by atoms with Crippen LogP contribution in [0, 0.1) is 0 Å². The average molecular weight is 275 g/mol. The highest BCUT2D eigenvalue weighted by atomic mass is 35.5. The van der Waals surface area contributed by atoms with Crippen LogP contribution in [0.4, 0.5) is 5.69 Å². The van der Waals surface area contributed by atoms with Gasteiger partial charge >= 0.3 is 0 Å². The van der Waals surface area contributed by atoms with Crippen molar-refractivity contribution in [3.05, 3.63) is 28.8 Å². The minimum atomic E-state index is 0.332. The maximum Gasteiger partial charge on any atom is 0.105 e. The van der Waals surface area contributed by atoms with E-state index in [4.69, 9.17) is 29.6 Å². The molecule has 0 bridgehead atoms. The summed E-state index contributed by atoms with van der Waals surface area (Å²) in [5.74, 6) is 1.16. The van der Waals surface area contributed by atoms with E-state index in [1.807, 2.05) is 30.0 Å². The van der Waals surface area contributed by atoms with Crippen molar-refractivity contribution in [3.8, 4) is 0 Å². The third kappa shape index (κ3) is 4.20. The van der Waals surface area contributed by atoms with Crippen LogP contribution in [0.3, 0.4) is 0 Å². The second kappa shape index (κ2) is 6.99. The van der Waals surface area contributed by atoms with Gasteiger partial charge in [0.05, 0.1) is 5.02 Å². The number of hydrogen-bond acceptors (Lipinski definition) is 3. The summed E-state index contributed by atoms with van der Waals surface area (Å²) in [6.45, 7) is 0.948. The van der Waals surface area contributed by atoms with Crippen LogP contribution in [-0.2, 0) is 0 Å². The Hall–Kier alpha value is -0.450. The Balaban J connectivity index is 2.56. The third-order valence-corrected chi connectivity index (χ3v) is 3.32. The molecule has 1 aromatic rings. The summed E-state index contributed by atoms with van der Waals surface area (Å²) in [5, 5.41) is 3.90. The van der Waals surface area contributed by atoms with Crippen LogP contribution in [0.5, 0.6) is 0 Å². The molecule has 0 aromatic heterocycles. The van der Waals surface area contributed by atoms with Crippen LogP contribution >= 0.6 is 35.6 Å². The Morgan fingerprint density at radius 3 is 2.88 bits per heavy atom. The molecule has 0 unspecified atom stereocenters. The fourth-order valence-corrected chi connectivity index (χ4v) is 2.22. The van der Waals surface area contributed by atoms with Crippen molar-refractivity contribution < 1.29 is 0 Å². The zero-order valence-corrected chi connectivity index (χ0v) is 11.5. The zero-order chi connectivity index (χ0) is 12.0. The molecule has 1 rings (SSSR count). The van der Waals surface area contributed by atoms with Crippen molar-refractivity contribution in [2.75, 3.05) is 23.9 Å². The summed E-state index contributed by atoms with van der Waals surface area (Å²) in [7, 11) is 0. The lowest BCUT2D eigenvalue weighted by Gasteiger charge is -2.08. The minimum Gasteiger partial charge on any atom is -0.389 e. The maximum absolute atomic E-state index is 6.05. The van der Waals surface area contributed by atoms with Crippen LogP contribution in [-0.4, -0.2) is 23.5 Å². The van der Waals surface area contributed by atoms with E-state index in [0.717, 1.165) is 30.0 Å². The van der Waals surface area contributed by atoms with Gasteiger partial charge in [-0.25, -0.2) is 0 Å². The lowest BCUT2D eigenvalue weighted by atomic mass is 10.2. The van der Waals surface area contributed by atoms with Crippen molar-refractivity contribution in [3.63, 3.8) is 0 Å². The Labute approximate surface area is 111 Å². The largest absolute Gasteiger partial charge is 0.389 e. The average Bonchev–Trinajstić information content (AvgIpc) is 2.24. The van der Waals surface area contributed by atoms with Gasteiger partial charge in [-0.3, -0.25) is 0 Å². The molecule has 0 spiro atoms. The van der Waals surface area contributed by atoms with Gasteiger partial charge in [0.1, 0.15) is 4.99 Å². The van der Waals surface area contributed by atoms with Crippen LogP contribution in [0.25, 0.3) is 0 Å². The molecule has 0 fully saturated rings. The molecule has 88 valence electrons. The number of benzene rings is 1. The predicted octanol–water partition coefficient (Wildman–Crippen LogP) is 3.14. The van der Waals surface area contributed by atoms with Gasteiger partial charge in [-0.2, -0.15) is 11.8 Å². The Kier molecular flexibility index (Phi) is 5.95. The molecule has 0 saturated carbocycles. The Morgan fingerprint density at radius 1 is 1.56 bits per heavy atom. The minimum absolute atomic E-state index is 0.332. The Morgan fingerprint density at radius 2 is 2.31 bits per heavy atom. The molecule has 3 N–H and O–H groups in total. The highest BCUT2D eigenvalue weighted by molar-refractivity contribution is 7.98. The van der Waals surface area contributed by atoms with E-state index in [1.165, 1.54) is 0 Å². The number of anilines is 1. The second-order valence-electron chi connectivity index (χ2n) is 3.33. The molecular formula is C11H15ClN2S2. The van der Waals surface area contributed by atoms with E-state index < -0.39 is 0 Å². The fourth-order valence-electron chi connectivity index (χ4n) is 1.27. The van der Waals surface area contributed by atoms with Gasteiger partial charge in [-0.1, -0.05) is 23.8 Å². The normalized spacial score (nSPS) is 10.1. The quantitative estimate of drug-likeness (QED) is 0.617. The maximum atomic E-state index is 6.05. The van der Waals surface area contributed by atoms with Gasteiger partial charge in [0.2, 0.25) is 0 Å². The van der Waals surface area contributed by atoms with E-state index in [9.17, 15) is 0 Å². The molecule has 0 aliphatic carbocycles. The molecule has 16 heavy (non-hydrogen) atoms. The van der Waals surface area contributed by atoms with Crippen molar-refractivity contribution in [2.24, 2.45) is 5.73 Å². The summed E-state index contributed by atoms with van der Waals surface area (Å²) >= 11 is 12.8. The first kappa shape index (κ1) is 13.6. The zero-order valence-electron chi connectivity index (χ0n) is 9.13. The number of nitrogens with two attached hydrogens (primary N) is 1. The van der Waals surface area contributed by atoms with Crippen molar-refractivity contribution in [1.82, 2.24) is 0 Å². The molecule has 0 heterocycles. The summed E-state index contributed by atoms with van der Waals surface area (Å²) in [6, 6.07) is 5.65. The number of halogens is 1. The lowest BCUT2D eigenvalue weighted by Crippen LogP contribution is -2.10. The number of rotatable bonds is 6. The molecule has 0 saturated heterocycles. The molecule has 1 aromatic carbocycles. The van der Waals surface area contributed by atoms with Crippen molar-refractivity contribution in [2.45, 2.75) is 6.42 Å². The summed E-state index contributed by atoms with van der Waals surface area (Å²) < 4.78 is 0. The van der Waals surface area contributed by atoms with E-state index >= 15 is 0 Å². The third-order valence-electron chi connectivity index (χ3n) is 2.09. The number of hydrogen-bond donors (Lipinski definition) is 2. The topological polar surface area (TPSA) is 38.0 Å². The first-order chi connectivity index (χ1) is 7.65. The first-order valence-electron chi connectivity index (χ1n) is 4.97. The van der Waals surface area contributed by atoms with Crippen LogP contribution < -0.4 is 11.1 Å². The molecule has 0 radical (unpaired) electrons. The van der Waals surface area contributed by atoms with E-state index in [1.54, 1.807) is 0 Å². The van der Waals surface area contributed by atoms with Crippen LogP contribution in [0.1, 0.15) is 12.0 Å². The number of thiocarbonyl (C=S) groups is 1. The highest BCUT2D eigenvalue weighted by Gasteiger charge is 2.03. The van der Waals surface area contributed by atoms with Crippen molar-refractivity contribution >= 4 is 46.3 Å². The Bertz CT molecular complexity index is 369. The predicted molar refractivity (Wildman–Crippen MR) is 78.8 cm³/mol. The number of thioether (sulfide) groups is 1. The van der Waals surface area contributed by atoms with Gasteiger partial charge in [-0.15, -0.1) is 0 Å². The summed E-state index contributed by atoms with van der Waals surface area (Å²) in [5.41, 5.74) is 7.26. The van der Waals surface area contributed by atoms with E-state index in [2.05, 4.69) is 11.6 Å². The van der Waals surface area contributed by atoms with Crippen LogP contribution in [0.15, 0.2) is 18.2 Å². The molecule has 0 amide bonds. The first-order valence-corrected chi connectivity index (χ1v) is 7.15. The highest BCUT2D eigenvalue weighted by Crippen LogP contribution is 2.20. The molecule has 0 aliphatic heterocycles.